The first-order chi connectivity index (χ1) is 7.10. The average molecular weight is 318 g/mol. The molecule has 0 aliphatic heterocycles. The molecular formula is C9H7IN2O3. The minimum Gasteiger partial charge on any atom is -0.496 e. The summed E-state index contributed by atoms with van der Waals surface area (Å²) in [6.07, 6.45) is 0.00356. The van der Waals surface area contributed by atoms with Crippen LogP contribution in [0.3, 0.4) is 0 Å². The van der Waals surface area contributed by atoms with Crippen LogP contribution < -0.4 is 4.74 Å². The quantitative estimate of drug-likeness (QED) is 0.487. The summed E-state index contributed by atoms with van der Waals surface area (Å²) in [6, 6.07) is 4.83. The lowest BCUT2D eigenvalue weighted by molar-refractivity contribution is -0.385. The topological polar surface area (TPSA) is 76.2 Å². The maximum absolute atomic E-state index is 10.7. The summed E-state index contributed by atoms with van der Waals surface area (Å²) in [5.41, 5.74) is 0.335. The Hall–Kier alpha value is -1.36. The monoisotopic (exact) mass is 318 g/mol. The van der Waals surface area contributed by atoms with Crippen LogP contribution >= 0.6 is 22.6 Å². The molecule has 0 radical (unpaired) electrons. The van der Waals surface area contributed by atoms with E-state index in [1.165, 1.54) is 19.2 Å². The van der Waals surface area contributed by atoms with E-state index in [-0.39, 0.29) is 12.1 Å². The Kier molecular flexibility index (Phi) is 3.85. The molecule has 0 aliphatic rings. The molecule has 1 rings (SSSR count). The molecule has 0 bridgehead atoms. The van der Waals surface area contributed by atoms with E-state index >= 15 is 0 Å². The number of nitro benzene ring substituents is 1. The van der Waals surface area contributed by atoms with Crippen LogP contribution in [0, 0.1) is 25.0 Å². The lowest BCUT2D eigenvalue weighted by Crippen LogP contribution is -1.98. The Labute approximate surface area is 99.9 Å². The Balaban J connectivity index is 3.33. The van der Waals surface area contributed by atoms with Gasteiger partial charge in [-0.15, -0.1) is 0 Å². The van der Waals surface area contributed by atoms with Gasteiger partial charge in [0.15, 0.2) is 0 Å². The van der Waals surface area contributed by atoms with Gasteiger partial charge in [0.25, 0.3) is 5.69 Å². The van der Waals surface area contributed by atoms with E-state index in [9.17, 15) is 10.1 Å². The molecule has 0 unspecified atom stereocenters. The highest BCUT2D eigenvalue weighted by Gasteiger charge is 2.17. The Morgan fingerprint density at radius 3 is 2.80 bits per heavy atom. The largest absolute Gasteiger partial charge is 0.496 e. The number of nitrogens with zero attached hydrogens (tertiary/aromatic N) is 2. The van der Waals surface area contributed by atoms with E-state index in [2.05, 4.69) is 0 Å². The minimum atomic E-state index is -0.492. The minimum absolute atomic E-state index is 0.00356. The van der Waals surface area contributed by atoms with Crippen molar-refractivity contribution in [3.8, 4) is 11.8 Å². The Bertz CT molecular complexity index is 440. The van der Waals surface area contributed by atoms with Gasteiger partial charge in [0.05, 0.1) is 28.1 Å². The molecule has 1 aromatic rings. The molecule has 0 aromatic heterocycles. The lowest BCUT2D eigenvalue weighted by atomic mass is 10.1. The summed E-state index contributed by atoms with van der Waals surface area (Å²) in [5, 5.41) is 19.2. The van der Waals surface area contributed by atoms with E-state index in [1.54, 1.807) is 0 Å². The summed E-state index contributed by atoms with van der Waals surface area (Å²) in [4.78, 5) is 10.2. The molecule has 0 saturated heterocycles. The number of nitro groups is 1. The highest BCUT2D eigenvalue weighted by atomic mass is 127. The average Bonchev–Trinajstić information content (AvgIpc) is 2.20. The van der Waals surface area contributed by atoms with Crippen molar-refractivity contribution in [2.24, 2.45) is 0 Å². The van der Waals surface area contributed by atoms with Crippen molar-refractivity contribution in [1.29, 1.82) is 5.26 Å². The van der Waals surface area contributed by atoms with Gasteiger partial charge < -0.3 is 4.74 Å². The van der Waals surface area contributed by atoms with Gasteiger partial charge in [-0.1, -0.05) is 0 Å². The third kappa shape index (κ3) is 2.56. The summed E-state index contributed by atoms with van der Waals surface area (Å²) in [7, 11) is 1.49. The molecule has 0 fully saturated rings. The Morgan fingerprint density at radius 2 is 2.33 bits per heavy atom. The Morgan fingerprint density at radius 1 is 1.67 bits per heavy atom. The molecule has 0 heterocycles. The van der Waals surface area contributed by atoms with Gasteiger partial charge >= 0.3 is 0 Å². The first-order valence-corrected chi connectivity index (χ1v) is 5.05. The third-order valence-electron chi connectivity index (χ3n) is 1.82. The molecular weight excluding hydrogens is 311 g/mol. The first-order valence-electron chi connectivity index (χ1n) is 3.98. The maximum atomic E-state index is 10.7. The number of hydrogen-bond donors (Lipinski definition) is 0. The van der Waals surface area contributed by atoms with Crippen molar-refractivity contribution in [1.82, 2.24) is 0 Å². The molecule has 5 nitrogen and oxygen atoms in total. The summed E-state index contributed by atoms with van der Waals surface area (Å²) in [6.45, 7) is 0. The third-order valence-corrected chi connectivity index (χ3v) is 2.66. The number of methoxy groups -OCH3 is 1. The van der Waals surface area contributed by atoms with E-state index in [4.69, 9.17) is 10.00 Å². The number of rotatable bonds is 3. The standard InChI is InChI=1S/C9H7IN2O3/c1-15-9-4-6(2-3-11)8(12(13)14)5-7(9)10/h4-5H,2H2,1H3. The second-order valence-electron chi connectivity index (χ2n) is 2.71. The predicted molar refractivity (Wildman–Crippen MR) is 61.7 cm³/mol. The van der Waals surface area contributed by atoms with E-state index in [0.29, 0.717) is 14.9 Å². The molecule has 0 saturated carbocycles. The number of ether oxygens (including phenoxy) is 1. The lowest BCUT2D eigenvalue weighted by Gasteiger charge is -2.05. The number of benzene rings is 1. The highest BCUT2D eigenvalue weighted by Crippen LogP contribution is 2.29. The van der Waals surface area contributed by atoms with Crippen LogP contribution in [0.15, 0.2) is 12.1 Å². The zero-order chi connectivity index (χ0) is 11.4. The van der Waals surface area contributed by atoms with Crippen LogP contribution in [0.5, 0.6) is 5.75 Å². The van der Waals surface area contributed by atoms with Gasteiger partial charge in [-0.05, 0) is 28.7 Å². The van der Waals surface area contributed by atoms with Crippen molar-refractivity contribution < 1.29 is 9.66 Å². The number of hydrogen-bond acceptors (Lipinski definition) is 4. The van der Waals surface area contributed by atoms with Crippen LogP contribution in [-0.2, 0) is 6.42 Å². The van der Waals surface area contributed by atoms with Crippen LogP contribution in [0.1, 0.15) is 5.56 Å². The van der Waals surface area contributed by atoms with Gasteiger partial charge in [0.2, 0.25) is 0 Å². The molecule has 0 aliphatic carbocycles. The summed E-state index contributed by atoms with van der Waals surface area (Å²) >= 11 is 1.95. The van der Waals surface area contributed by atoms with Crippen LogP contribution in [0.4, 0.5) is 5.69 Å². The van der Waals surface area contributed by atoms with E-state index < -0.39 is 4.92 Å². The van der Waals surface area contributed by atoms with Crippen molar-refractivity contribution in [2.75, 3.05) is 7.11 Å². The summed E-state index contributed by atoms with van der Waals surface area (Å²) < 4.78 is 5.68. The molecule has 0 atom stereocenters. The van der Waals surface area contributed by atoms with Crippen LogP contribution in [0.25, 0.3) is 0 Å². The molecule has 0 amide bonds. The van der Waals surface area contributed by atoms with Crippen molar-refractivity contribution in [3.63, 3.8) is 0 Å². The zero-order valence-corrected chi connectivity index (χ0v) is 10.0. The van der Waals surface area contributed by atoms with Crippen molar-refractivity contribution >= 4 is 28.3 Å². The number of halogens is 1. The predicted octanol–water partition coefficient (Wildman–Crippen LogP) is 2.27. The zero-order valence-electron chi connectivity index (χ0n) is 7.86. The molecule has 0 N–H and O–H groups in total. The molecule has 1 aromatic carbocycles. The van der Waals surface area contributed by atoms with E-state index in [0.717, 1.165) is 0 Å². The normalized spacial score (nSPS) is 9.40. The van der Waals surface area contributed by atoms with E-state index in [1.807, 2.05) is 28.7 Å². The first kappa shape index (κ1) is 11.7. The molecule has 15 heavy (non-hydrogen) atoms. The second-order valence-corrected chi connectivity index (χ2v) is 3.87. The van der Waals surface area contributed by atoms with Gasteiger partial charge in [-0.3, -0.25) is 10.1 Å². The maximum Gasteiger partial charge on any atom is 0.274 e. The van der Waals surface area contributed by atoms with Crippen LogP contribution in [0.2, 0.25) is 0 Å². The fourth-order valence-electron chi connectivity index (χ4n) is 1.14. The van der Waals surface area contributed by atoms with Crippen LogP contribution in [-0.4, -0.2) is 12.0 Å². The van der Waals surface area contributed by atoms with Gasteiger partial charge in [0, 0.05) is 11.6 Å². The van der Waals surface area contributed by atoms with Gasteiger partial charge in [-0.25, -0.2) is 0 Å². The fraction of sp³-hybridized carbons (Fsp3) is 0.222. The molecule has 78 valence electrons. The summed E-state index contributed by atoms with van der Waals surface area (Å²) in [5.74, 6) is 0.548. The SMILES string of the molecule is COc1cc(CC#N)c([N+](=O)[O-])cc1I. The smallest absolute Gasteiger partial charge is 0.274 e. The highest BCUT2D eigenvalue weighted by molar-refractivity contribution is 14.1. The second kappa shape index (κ2) is 4.93. The van der Waals surface area contributed by atoms with Crippen molar-refractivity contribution in [3.05, 3.63) is 31.4 Å². The molecule has 6 heteroatoms. The molecule has 0 spiro atoms. The number of nitriles is 1. The van der Waals surface area contributed by atoms with Crippen molar-refractivity contribution in [2.45, 2.75) is 6.42 Å². The fourth-order valence-corrected chi connectivity index (χ4v) is 1.81. The van der Waals surface area contributed by atoms with Gasteiger partial charge in [0.1, 0.15) is 5.75 Å². The van der Waals surface area contributed by atoms with Gasteiger partial charge in [-0.2, -0.15) is 5.26 Å².